The molecule has 26 heavy (non-hydrogen) atoms. The molecule has 3 aliphatic rings. The Morgan fingerprint density at radius 1 is 1.08 bits per heavy atom. The number of hydrogen-bond acceptors (Lipinski definition) is 4. The maximum absolute atomic E-state index is 13.0. The number of carbonyl (C=O) groups excluding carboxylic acids is 1. The van der Waals surface area contributed by atoms with Gasteiger partial charge in [-0.25, -0.2) is 12.7 Å². The number of rotatable bonds is 3. The maximum Gasteiger partial charge on any atom is 0.267 e. The van der Waals surface area contributed by atoms with Crippen LogP contribution in [0.1, 0.15) is 12.8 Å². The van der Waals surface area contributed by atoms with E-state index in [1.807, 2.05) is 14.1 Å². The zero-order valence-electron chi connectivity index (χ0n) is 14.7. The first-order chi connectivity index (χ1) is 12.4. The lowest BCUT2D eigenvalue weighted by atomic mass is 9.97. The second kappa shape index (κ2) is 6.07. The van der Waals surface area contributed by atoms with E-state index in [0.717, 1.165) is 22.3 Å². The number of nitrogens with zero attached hydrogens (tertiary/aromatic N) is 2. The first-order valence-corrected chi connectivity index (χ1v) is 9.94. The summed E-state index contributed by atoms with van der Waals surface area (Å²) in [6.07, 6.45) is 7.70. The molecule has 0 bridgehead atoms. The van der Waals surface area contributed by atoms with Crippen LogP contribution in [0.2, 0.25) is 0 Å². The van der Waals surface area contributed by atoms with Crippen molar-refractivity contribution in [2.45, 2.75) is 23.8 Å². The minimum absolute atomic E-state index is 0.0494. The number of likely N-dealkylation sites (N-methyl/N-ethyl adjacent to an activating group) is 1. The number of carbonyl (C=O) groups is 1. The molecule has 1 unspecified atom stereocenters. The van der Waals surface area contributed by atoms with Gasteiger partial charge >= 0.3 is 0 Å². The standard InChI is InChI=1S/C20H20N2O3S/c1-21(2)19-10-15-13-22(26(24,25)17-6-4-3-5-7-17)12-14-8-9-16(23)11-18(19)20(14)15/h3-9,12-13,19H,10-11H2,1-2H3. The summed E-state index contributed by atoms with van der Waals surface area (Å²) in [5.74, 6) is 0.0494. The molecule has 0 radical (unpaired) electrons. The van der Waals surface area contributed by atoms with Crippen LogP contribution in [-0.2, 0) is 14.8 Å². The highest BCUT2D eigenvalue weighted by atomic mass is 32.2. The topological polar surface area (TPSA) is 57.7 Å². The predicted octanol–water partition coefficient (Wildman–Crippen LogP) is 2.62. The Morgan fingerprint density at radius 3 is 2.50 bits per heavy atom. The molecule has 0 aromatic heterocycles. The van der Waals surface area contributed by atoms with Crippen molar-refractivity contribution in [3.05, 3.63) is 77.2 Å². The van der Waals surface area contributed by atoms with E-state index >= 15 is 0 Å². The van der Waals surface area contributed by atoms with Crippen molar-refractivity contribution in [1.29, 1.82) is 0 Å². The highest BCUT2D eigenvalue weighted by Crippen LogP contribution is 2.44. The van der Waals surface area contributed by atoms with Gasteiger partial charge < -0.3 is 4.90 Å². The molecule has 6 heteroatoms. The highest BCUT2D eigenvalue weighted by Gasteiger charge is 2.37. The largest absolute Gasteiger partial charge is 0.302 e. The van der Waals surface area contributed by atoms with Gasteiger partial charge in [-0.3, -0.25) is 4.79 Å². The van der Waals surface area contributed by atoms with E-state index in [1.54, 1.807) is 54.9 Å². The van der Waals surface area contributed by atoms with Crippen molar-refractivity contribution in [3.8, 4) is 0 Å². The second-order valence-corrected chi connectivity index (χ2v) is 8.79. The van der Waals surface area contributed by atoms with Crippen LogP contribution < -0.4 is 0 Å². The van der Waals surface area contributed by atoms with Crippen molar-refractivity contribution < 1.29 is 13.2 Å². The van der Waals surface area contributed by atoms with Crippen LogP contribution in [0.15, 0.2) is 82.1 Å². The molecule has 0 amide bonds. The molecule has 134 valence electrons. The van der Waals surface area contributed by atoms with Crippen LogP contribution >= 0.6 is 0 Å². The quantitative estimate of drug-likeness (QED) is 0.823. The lowest BCUT2D eigenvalue weighted by molar-refractivity contribution is -0.114. The SMILES string of the molecule is CN(C)C1CC2=CN(S(=O)(=O)c3ccccc3)C=C3C=CC(=O)CC1=C32. The van der Waals surface area contributed by atoms with Gasteiger partial charge in [0.05, 0.1) is 4.90 Å². The average molecular weight is 368 g/mol. The normalized spacial score (nSPS) is 22.3. The summed E-state index contributed by atoms with van der Waals surface area (Å²) in [6, 6.07) is 8.50. The molecular formula is C20H20N2O3S. The third-order valence-corrected chi connectivity index (χ3v) is 6.69. The molecule has 4 rings (SSSR count). The molecule has 1 heterocycles. The van der Waals surface area contributed by atoms with Gasteiger partial charge in [0.2, 0.25) is 0 Å². The smallest absolute Gasteiger partial charge is 0.267 e. The van der Waals surface area contributed by atoms with Crippen molar-refractivity contribution in [1.82, 2.24) is 9.21 Å². The monoisotopic (exact) mass is 368 g/mol. The fraction of sp³-hybridized carbons (Fsp3) is 0.250. The Kier molecular flexibility index (Phi) is 3.97. The van der Waals surface area contributed by atoms with Gasteiger partial charge in [0.25, 0.3) is 10.0 Å². The van der Waals surface area contributed by atoms with Crippen molar-refractivity contribution >= 4 is 15.8 Å². The summed E-state index contributed by atoms with van der Waals surface area (Å²) in [6.45, 7) is 0. The zero-order chi connectivity index (χ0) is 18.5. The van der Waals surface area contributed by atoms with E-state index in [-0.39, 0.29) is 16.7 Å². The lowest BCUT2D eigenvalue weighted by Crippen LogP contribution is -2.28. The Hall–Kier alpha value is -2.44. The summed E-state index contributed by atoms with van der Waals surface area (Å²) in [5.41, 5.74) is 3.87. The molecule has 0 fully saturated rings. The van der Waals surface area contributed by atoms with Crippen LogP contribution in [0, 0.1) is 0 Å². The van der Waals surface area contributed by atoms with Crippen LogP contribution in [0.25, 0.3) is 0 Å². The first kappa shape index (κ1) is 17.0. The Bertz CT molecular complexity index is 999. The second-order valence-electron chi connectivity index (χ2n) is 6.95. The summed E-state index contributed by atoms with van der Waals surface area (Å²) in [5, 5.41) is 0. The van der Waals surface area contributed by atoms with Gasteiger partial charge in [0, 0.05) is 24.9 Å². The first-order valence-electron chi connectivity index (χ1n) is 8.50. The van der Waals surface area contributed by atoms with Gasteiger partial charge in [-0.05, 0) is 67.1 Å². The van der Waals surface area contributed by atoms with Crippen LogP contribution in [-0.4, -0.2) is 43.5 Å². The lowest BCUT2D eigenvalue weighted by Gasteiger charge is -2.24. The number of hydrogen-bond donors (Lipinski definition) is 0. The Labute approximate surface area is 153 Å². The molecule has 5 nitrogen and oxygen atoms in total. The fourth-order valence-corrected chi connectivity index (χ4v) is 5.06. The van der Waals surface area contributed by atoms with E-state index in [9.17, 15) is 13.2 Å². The molecule has 1 aromatic rings. The summed E-state index contributed by atoms with van der Waals surface area (Å²) in [7, 11) is 0.299. The molecule has 0 N–H and O–H groups in total. The van der Waals surface area contributed by atoms with Crippen molar-refractivity contribution in [2.75, 3.05) is 14.1 Å². The molecule has 1 atom stereocenters. The Balaban J connectivity index is 1.85. The van der Waals surface area contributed by atoms with Gasteiger partial charge in [-0.1, -0.05) is 18.2 Å². The van der Waals surface area contributed by atoms with Crippen molar-refractivity contribution in [3.63, 3.8) is 0 Å². The third-order valence-electron chi connectivity index (χ3n) is 5.05. The summed E-state index contributed by atoms with van der Waals surface area (Å²) in [4.78, 5) is 14.5. The van der Waals surface area contributed by atoms with E-state index < -0.39 is 10.0 Å². The Morgan fingerprint density at radius 2 is 1.81 bits per heavy atom. The predicted molar refractivity (Wildman–Crippen MR) is 99.5 cm³/mol. The average Bonchev–Trinajstić information content (AvgIpc) is 2.90. The molecule has 1 aliphatic heterocycles. The minimum atomic E-state index is -3.67. The van der Waals surface area contributed by atoms with Crippen molar-refractivity contribution in [2.24, 2.45) is 0 Å². The maximum atomic E-state index is 13.0. The number of sulfonamides is 1. The van der Waals surface area contributed by atoms with Gasteiger partial charge in [-0.15, -0.1) is 0 Å². The molecule has 0 saturated heterocycles. The van der Waals surface area contributed by atoms with E-state index in [0.29, 0.717) is 12.8 Å². The number of ketones is 1. The van der Waals surface area contributed by atoms with E-state index in [2.05, 4.69) is 4.90 Å². The summed E-state index contributed by atoms with van der Waals surface area (Å²) >= 11 is 0. The zero-order valence-corrected chi connectivity index (χ0v) is 15.5. The minimum Gasteiger partial charge on any atom is -0.302 e. The van der Waals surface area contributed by atoms with Gasteiger partial charge in [0.15, 0.2) is 5.78 Å². The third kappa shape index (κ3) is 2.66. The number of allylic oxidation sites excluding steroid dienone is 4. The van der Waals surface area contributed by atoms with Crippen LogP contribution in [0.3, 0.4) is 0 Å². The molecule has 1 aromatic carbocycles. The number of benzene rings is 1. The van der Waals surface area contributed by atoms with Gasteiger partial charge in [0.1, 0.15) is 0 Å². The van der Waals surface area contributed by atoms with E-state index in [1.165, 1.54) is 4.31 Å². The van der Waals surface area contributed by atoms with Crippen LogP contribution in [0.4, 0.5) is 0 Å². The fourth-order valence-electron chi connectivity index (χ4n) is 3.80. The molecular weight excluding hydrogens is 348 g/mol. The summed E-state index contributed by atoms with van der Waals surface area (Å²) < 4.78 is 27.3. The van der Waals surface area contributed by atoms with Crippen LogP contribution in [0.5, 0.6) is 0 Å². The highest BCUT2D eigenvalue weighted by molar-refractivity contribution is 7.89. The molecule has 0 saturated carbocycles. The van der Waals surface area contributed by atoms with Gasteiger partial charge in [-0.2, -0.15) is 0 Å². The molecule has 2 aliphatic carbocycles. The molecule has 0 spiro atoms. The van der Waals surface area contributed by atoms with E-state index in [4.69, 9.17) is 0 Å².